The summed E-state index contributed by atoms with van der Waals surface area (Å²) in [6.45, 7) is 0.788. The Morgan fingerprint density at radius 2 is 1.76 bits per heavy atom. The Morgan fingerprint density at radius 3 is 2.47 bits per heavy atom. The Hall–Kier alpha value is -3.80. The van der Waals surface area contributed by atoms with Gasteiger partial charge in [0.05, 0.1) is 17.2 Å². The van der Waals surface area contributed by atoms with Crippen LogP contribution in [0.1, 0.15) is 16.8 Å². The van der Waals surface area contributed by atoms with E-state index in [1.165, 1.54) is 37.6 Å². The number of aromatic nitrogens is 3. The van der Waals surface area contributed by atoms with Crippen LogP contribution in [0.5, 0.6) is 11.5 Å². The van der Waals surface area contributed by atoms with Gasteiger partial charge in [0.15, 0.2) is 0 Å². The van der Waals surface area contributed by atoms with Crippen molar-refractivity contribution in [3.05, 3.63) is 59.4 Å². The first kappa shape index (κ1) is 24.8. The lowest BCUT2D eigenvalue weighted by Gasteiger charge is -2.11. The van der Waals surface area contributed by atoms with Gasteiger partial charge in [0.1, 0.15) is 17.8 Å². The SMILES string of the molecule is CNC(=O)c1cc(Nc2ncnc(NCCCOc3ccc(OC(F)(F)F)cc3)n2)ccc1Cl. The highest BCUT2D eigenvalue weighted by atomic mass is 35.5. The van der Waals surface area contributed by atoms with Crippen LogP contribution in [0, 0.1) is 0 Å². The Balaban J connectivity index is 1.46. The van der Waals surface area contributed by atoms with Gasteiger partial charge in [0.2, 0.25) is 11.9 Å². The van der Waals surface area contributed by atoms with Crippen LogP contribution in [0.25, 0.3) is 0 Å². The maximum absolute atomic E-state index is 12.2. The fourth-order valence-electron chi connectivity index (χ4n) is 2.68. The Bertz CT molecular complexity index is 1120. The van der Waals surface area contributed by atoms with E-state index in [4.69, 9.17) is 16.3 Å². The van der Waals surface area contributed by atoms with Crippen LogP contribution in [-0.4, -0.2) is 47.4 Å². The van der Waals surface area contributed by atoms with Crippen molar-refractivity contribution in [2.24, 2.45) is 0 Å². The van der Waals surface area contributed by atoms with Crippen molar-refractivity contribution in [3.63, 3.8) is 0 Å². The number of carbonyl (C=O) groups excluding carboxylic acids is 1. The molecule has 1 heterocycles. The lowest BCUT2D eigenvalue weighted by Crippen LogP contribution is -2.18. The van der Waals surface area contributed by atoms with Crippen LogP contribution in [0.2, 0.25) is 5.02 Å². The molecule has 0 saturated heterocycles. The topological polar surface area (TPSA) is 110 Å². The number of hydrogen-bond donors (Lipinski definition) is 3. The summed E-state index contributed by atoms with van der Waals surface area (Å²) < 4.78 is 45.8. The average Bonchev–Trinajstić information content (AvgIpc) is 2.80. The van der Waals surface area contributed by atoms with E-state index in [0.29, 0.717) is 47.5 Å². The largest absolute Gasteiger partial charge is 0.573 e. The second kappa shape index (κ2) is 11.4. The standard InChI is InChI=1S/C21H20ClF3N6O3/c1-26-18(32)16-11-13(3-8-17(16)22)30-20-29-12-28-19(31-20)27-9-2-10-33-14-4-6-15(7-5-14)34-21(23,24)25/h3-8,11-12H,2,9-10H2,1H3,(H,26,32)(H2,27,28,29,30,31). The molecule has 0 aliphatic carbocycles. The van der Waals surface area contributed by atoms with Gasteiger partial charge in [-0.15, -0.1) is 13.2 Å². The maximum Gasteiger partial charge on any atom is 0.573 e. The second-order valence-electron chi connectivity index (χ2n) is 6.68. The number of hydrogen-bond acceptors (Lipinski definition) is 8. The van der Waals surface area contributed by atoms with Crippen molar-refractivity contribution in [1.29, 1.82) is 0 Å². The molecule has 0 spiro atoms. The molecular formula is C21H20ClF3N6O3. The van der Waals surface area contributed by atoms with E-state index in [1.54, 1.807) is 18.2 Å². The van der Waals surface area contributed by atoms with Gasteiger partial charge in [0, 0.05) is 19.3 Å². The molecule has 34 heavy (non-hydrogen) atoms. The Kier molecular flexibility index (Phi) is 8.30. The third-order valence-electron chi connectivity index (χ3n) is 4.20. The number of halogens is 4. The number of anilines is 3. The van der Waals surface area contributed by atoms with Crippen LogP contribution >= 0.6 is 11.6 Å². The van der Waals surface area contributed by atoms with E-state index in [2.05, 4.69) is 35.6 Å². The molecule has 1 amide bonds. The molecule has 13 heteroatoms. The molecular weight excluding hydrogens is 477 g/mol. The number of nitrogens with one attached hydrogen (secondary N) is 3. The monoisotopic (exact) mass is 496 g/mol. The van der Waals surface area contributed by atoms with Crippen LogP contribution in [-0.2, 0) is 0 Å². The average molecular weight is 497 g/mol. The predicted octanol–water partition coefficient (Wildman–Crippen LogP) is 4.41. The highest BCUT2D eigenvalue weighted by Crippen LogP contribution is 2.25. The van der Waals surface area contributed by atoms with Crippen molar-refractivity contribution >= 4 is 35.1 Å². The van der Waals surface area contributed by atoms with E-state index >= 15 is 0 Å². The molecule has 3 rings (SSSR count). The number of amides is 1. The first-order valence-electron chi connectivity index (χ1n) is 9.93. The van der Waals surface area contributed by atoms with Crippen molar-refractivity contribution in [2.45, 2.75) is 12.8 Å². The van der Waals surface area contributed by atoms with Crippen molar-refractivity contribution in [3.8, 4) is 11.5 Å². The zero-order chi connectivity index (χ0) is 24.6. The number of alkyl halides is 3. The van der Waals surface area contributed by atoms with Crippen LogP contribution in [0.3, 0.4) is 0 Å². The Labute approximate surface area is 197 Å². The lowest BCUT2D eigenvalue weighted by molar-refractivity contribution is -0.274. The summed E-state index contributed by atoms with van der Waals surface area (Å²) in [5.41, 5.74) is 0.879. The maximum atomic E-state index is 12.2. The van der Waals surface area contributed by atoms with E-state index in [1.807, 2.05) is 0 Å². The molecule has 3 N–H and O–H groups in total. The first-order valence-corrected chi connectivity index (χ1v) is 10.3. The van der Waals surface area contributed by atoms with E-state index < -0.39 is 6.36 Å². The minimum absolute atomic E-state index is 0.264. The molecule has 0 aliphatic rings. The minimum atomic E-state index is -4.73. The van der Waals surface area contributed by atoms with Gasteiger partial charge < -0.3 is 25.4 Å². The van der Waals surface area contributed by atoms with Gasteiger partial charge in [-0.1, -0.05) is 11.6 Å². The van der Waals surface area contributed by atoms with E-state index in [0.717, 1.165) is 0 Å². The fraction of sp³-hybridized carbons (Fsp3) is 0.238. The Morgan fingerprint density at radius 1 is 1.06 bits per heavy atom. The third-order valence-corrected chi connectivity index (χ3v) is 4.53. The van der Waals surface area contributed by atoms with Crippen molar-refractivity contribution in [1.82, 2.24) is 20.3 Å². The molecule has 1 aromatic heterocycles. The number of carbonyl (C=O) groups is 1. The van der Waals surface area contributed by atoms with Gasteiger partial charge in [0.25, 0.3) is 5.91 Å². The molecule has 0 saturated carbocycles. The van der Waals surface area contributed by atoms with E-state index in [-0.39, 0.29) is 17.6 Å². The molecule has 180 valence electrons. The van der Waals surface area contributed by atoms with Crippen LogP contribution in [0.15, 0.2) is 48.8 Å². The summed E-state index contributed by atoms with van der Waals surface area (Å²) in [7, 11) is 1.51. The number of nitrogens with zero attached hydrogens (tertiary/aromatic N) is 3. The first-order chi connectivity index (χ1) is 16.2. The van der Waals surface area contributed by atoms with Gasteiger partial charge in [-0.05, 0) is 48.9 Å². The van der Waals surface area contributed by atoms with Gasteiger partial charge in [-0.25, -0.2) is 9.97 Å². The van der Waals surface area contributed by atoms with Gasteiger partial charge >= 0.3 is 6.36 Å². The molecule has 0 radical (unpaired) electrons. The molecule has 0 unspecified atom stereocenters. The quantitative estimate of drug-likeness (QED) is 0.354. The van der Waals surface area contributed by atoms with Gasteiger partial charge in [-0.3, -0.25) is 4.79 Å². The molecule has 0 fully saturated rings. The third kappa shape index (κ3) is 7.66. The summed E-state index contributed by atoms with van der Waals surface area (Å²) in [6.07, 6.45) is -2.84. The highest BCUT2D eigenvalue weighted by molar-refractivity contribution is 6.34. The number of rotatable bonds is 10. The van der Waals surface area contributed by atoms with Crippen LogP contribution in [0.4, 0.5) is 30.8 Å². The van der Waals surface area contributed by atoms with Gasteiger partial charge in [-0.2, -0.15) is 4.98 Å². The zero-order valence-corrected chi connectivity index (χ0v) is 18.6. The summed E-state index contributed by atoms with van der Waals surface area (Å²) in [4.78, 5) is 24.2. The van der Waals surface area contributed by atoms with Crippen LogP contribution < -0.4 is 25.4 Å². The molecule has 0 aliphatic heterocycles. The molecule has 0 atom stereocenters. The summed E-state index contributed by atoms with van der Waals surface area (Å²) in [5, 5.41) is 8.85. The molecule has 3 aromatic rings. The van der Waals surface area contributed by atoms with E-state index in [9.17, 15) is 18.0 Å². The molecule has 0 bridgehead atoms. The summed E-state index contributed by atoms with van der Waals surface area (Å²) in [6, 6.07) is 10.0. The summed E-state index contributed by atoms with van der Waals surface area (Å²) in [5.74, 6) is 0.371. The van der Waals surface area contributed by atoms with Crippen molar-refractivity contribution < 1.29 is 27.4 Å². The normalized spacial score (nSPS) is 11.0. The number of ether oxygens (including phenoxy) is 2. The summed E-state index contributed by atoms with van der Waals surface area (Å²) >= 11 is 6.05. The second-order valence-corrected chi connectivity index (χ2v) is 7.09. The fourth-order valence-corrected chi connectivity index (χ4v) is 2.89. The zero-order valence-electron chi connectivity index (χ0n) is 17.8. The molecule has 2 aromatic carbocycles. The molecule has 9 nitrogen and oxygen atoms in total. The predicted molar refractivity (Wildman–Crippen MR) is 120 cm³/mol. The highest BCUT2D eigenvalue weighted by Gasteiger charge is 2.30. The number of benzene rings is 2. The smallest absolute Gasteiger partial charge is 0.494 e. The minimum Gasteiger partial charge on any atom is -0.494 e. The van der Waals surface area contributed by atoms with Crippen molar-refractivity contribution in [2.75, 3.05) is 30.8 Å². The lowest BCUT2D eigenvalue weighted by atomic mass is 10.2.